The van der Waals surface area contributed by atoms with Crippen molar-refractivity contribution in [2.45, 2.75) is 26.4 Å². The highest BCUT2D eigenvalue weighted by Crippen LogP contribution is 2.36. The molecule has 0 saturated carbocycles. The van der Waals surface area contributed by atoms with Crippen LogP contribution in [0.5, 0.6) is 11.5 Å². The van der Waals surface area contributed by atoms with Crippen molar-refractivity contribution in [1.29, 1.82) is 0 Å². The third kappa shape index (κ3) is 5.31. The topological polar surface area (TPSA) is 105 Å². The molecule has 172 valence electrons. The van der Waals surface area contributed by atoms with Crippen molar-refractivity contribution in [1.82, 2.24) is 10.2 Å². The Bertz CT molecular complexity index is 1120. The van der Waals surface area contributed by atoms with Gasteiger partial charge in [-0.1, -0.05) is 29.8 Å². The molecule has 0 bridgehead atoms. The fraction of sp³-hybridized carbons (Fsp3) is 0.364. The number of nitrogens with zero attached hydrogens (tertiary/aromatic N) is 2. The summed E-state index contributed by atoms with van der Waals surface area (Å²) in [6.07, 6.45) is 1.03. The van der Waals surface area contributed by atoms with Gasteiger partial charge in [0, 0.05) is 19.7 Å². The number of rotatable bonds is 8. The van der Waals surface area contributed by atoms with E-state index in [4.69, 9.17) is 9.47 Å². The SMILES string of the molecule is CNC(=O)C(C)N(Cc1cccc(C)c1)C(=O)CN(c1ccc2c(c1)OCO2)S(C)(=O)=O. The first-order valence-electron chi connectivity index (χ1n) is 10.0. The van der Waals surface area contributed by atoms with Crippen molar-refractivity contribution in [3.8, 4) is 11.5 Å². The van der Waals surface area contributed by atoms with Gasteiger partial charge in [0.05, 0.1) is 11.9 Å². The highest BCUT2D eigenvalue weighted by molar-refractivity contribution is 7.92. The fourth-order valence-electron chi connectivity index (χ4n) is 3.45. The predicted molar refractivity (Wildman–Crippen MR) is 120 cm³/mol. The molecule has 10 heteroatoms. The van der Waals surface area contributed by atoms with Crippen molar-refractivity contribution >= 4 is 27.5 Å². The normalized spacial score (nSPS) is 13.4. The van der Waals surface area contributed by atoms with Gasteiger partial charge in [0.15, 0.2) is 11.5 Å². The number of aryl methyl sites for hydroxylation is 1. The van der Waals surface area contributed by atoms with E-state index in [1.165, 1.54) is 18.0 Å². The molecule has 1 N–H and O–H groups in total. The molecule has 9 nitrogen and oxygen atoms in total. The van der Waals surface area contributed by atoms with E-state index in [1.807, 2.05) is 31.2 Å². The minimum absolute atomic E-state index is 0.0461. The number of likely N-dealkylation sites (N-methyl/N-ethyl adjacent to an activating group) is 1. The van der Waals surface area contributed by atoms with Crippen LogP contribution in [0.4, 0.5) is 5.69 Å². The lowest BCUT2D eigenvalue weighted by molar-refractivity contribution is -0.139. The Morgan fingerprint density at radius 1 is 1.12 bits per heavy atom. The third-order valence-electron chi connectivity index (χ3n) is 5.17. The van der Waals surface area contributed by atoms with Gasteiger partial charge in [0.2, 0.25) is 28.6 Å². The van der Waals surface area contributed by atoms with E-state index in [1.54, 1.807) is 19.1 Å². The first-order valence-corrected chi connectivity index (χ1v) is 11.9. The standard InChI is InChI=1S/C22H27N3O6S/c1-15-6-5-7-17(10-15)12-24(16(2)22(27)23-3)21(26)13-25(32(4,28)29)18-8-9-19-20(11-18)31-14-30-19/h5-11,16H,12-14H2,1-4H3,(H,23,27). The number of hydrogen-bond donors (Lipinski definition) is 1. The summed E-state index contributed by atoms with van der Waals surface area (Å²) in [6.45, 7) is 3.28. The smallest absolute Gasteiger partial charge is 0.244 e. The molecule has 2 amide bonds. The Balaban J connectivity index is 1.91. The second-order valence-electron chi connectivity index (χ2n) is 7.61. The van der Waals surface area contributed by atoms with Gasteiger partial charge in [0.1, 0.15) is 12.6 Å². The van der Waals surface area contributed by atoms with Crippen LogP contribution in [0.1, 0.15) is 18.1 Å². The molecule has 2 aromatic carbocycles. The summed E-state index contributed by atoms with van der Waals surface area (Å²) in [5.41, 5.74) is 2.12. The number of hydrogen-bond acceptors (Lipinski definition) is 6. The van der Waals surface area contributed by atoms with Crippen molar-refractivity contribution < 1.29 is 27.5 Å². The number of amides is 2. The van der Waals surface area contributed by atoms with Crippen LogP contribution in [0.15, 0.2) is 42.5 Å². The number of carbonyl (C=O) groups excluding carboxylic acids is 2. The number of fused-ring (bicyclic) bond motifs is 1. The van der Waals surface area contributed by atoms with Gasteiger partial charge >= 0.3 is 0 Å². The van der Waals surface area contributed by atoms with Crippen LogP contribution in [0, 0.1) is 6.92 Å². The summed E-state index contributed by atoms with van der Waals surface area (Å²) in [5, 5.41) is 2.55. The van der Waals surface area contributed by atoms with Crippen molar-refractivity contribution in [2.24, 2.45) is 0 Å². The van der Waals surface area contributed by atoms with Crippen LogP contribution in [0.25, 0.3) is 0 Å². The average molecular weight is 462 g/mol. The van der Waals surface area contributed by atoms with E-state index >= 15 is 0 Å². The van der Waals surface area contributed by atoms with Crippen LogP contribution in [0.3, 0.4) is 0 Å². The van der Waals surface area contributed by atoms with Crippen molar-refractivity contribution in [3.63, 3.8) is 0 Å². The predicted octanol–water partition coefficient (Wildman–Crippen LogP) is 1.65. The van der Waals surface area contributed by atoms with Gasteiger partial charge in [0.25, 0.3) is 0 Å². The number of ether oxygens (including phenoxy) is 2. The molecule has 3 rings (SSSR count). The zero-order valence-corrected chi connectivity index (χ0v) is 19.3. The van der Waals surface area contributed by atoms with Gasteiger partial charge < -0.3 is 19.7 Å². The van der Waals surface area contributed by atoms with E-state index in [2.05, 4.69) is 5.32 Å². The monoisotopic (exact) mass is 461 g/mol. The van der Waals surface area contributed by atoms with Gasteiger partial charge in [-0.25, -0.2) is 8.42 Å². The lowest BCUT2D eigenvalue weighted by Crippen LogP contribution is -2.50. The summed E-state index contributed by atoms with van der Waals surface area (Å²) in [7, 11) is -2.32. The van der Waals surface area contributed by atoms with E-state index in [9.17, 15) is 18.0 Å². The van der Waals surface area contributed by atoms with Gasteiger partial charge in [-0.2, -0.15) is 0 Å². The summed E-state index contributed by atoms with van der Waals surface area (Å²) in [5.74, 6) is 0.0486. The molecular formula is C22H27N3O6S. The molecule has 0 fully saturated rings. The second kappa shape index (κ2) is 9.47. The Labute approximate surface area is 188 Å². The summed E-state index contributed by atoms with van der Waals surface area (Å²) < 4.78 is 36.7. The number of benzene rings is 2. The van der Waals surface area contributed by atoms with Crippen molar-refractivity contribution in [3.05, 3.63) is 53.6 Å². The molecule has 1 aliphatic heterocycles. The maximum Gasteiger partial charge on any atom is 0.244 e. The zero-order valence-electron chi connectivity index (χ0n) is 18.5. The molecule has 1 atom stereocenters. The number of anilines is 1. The summed E-state index contributed by atoms with van der Waals surface area (Å²) in [6, 6.07) is 11.4. The maximum absolute atomic E-state index is 13.3. The van der Waals surface area contributed by atoms with Crippen LogP contribution < -0.4 is 19.1 Å². The number of sulfonamides is 1. The number of carbonyl (C=O) groups is 2. The van der Waals surface area contributed by atoms with E-state index in [-0.39, 0.29) is 24.9 Å². The molecule has 32 heavy (non-hydrogen) atoms. The maximum atomic E-state index is 13.3. The van der Waals surface area contributed by atoms with Crippen molar-refractivity contribution in [2.75, 3.05) is 30.9 Å². The zero-order chi connectivity index (χ0) is 23.5. The molecule has 0 radical (unpaired) electrons. The van der Waals surface area contributed by atoms with Gasteiger partial charge in [-0.05, 0) is 31.5 Å². The van der Waals surface area contributed by atoms with Gasteiger partial charge in [-0.15, -0.1) is 0 Å². The largest absolute Gasteiger partial charge is 0.454 e. The minimum Gasteiger partial charge on any atom is -0.454 e. The quantitative estimate of drug-likeness (QED) is 0.641. The molecule has 0 spiro atoms. The van der Waals surface area contributed by atoms with E-state index in [0.717, 1.165) is 21.7 Å². The first kappa shape index (κ1) is 23.4. The van der Waals surface area contributed by atoms with Gasteiger partial charge in [-0.3, -0.25) is 13.9 Å². The van der Waals surface area contributed by atoms with Crippen LogP contribution in [0.2, 0.25) is 0 Å². The Kier molecular flexibility index (Phi) is 6.93. The molecular weight excluding hydrogens is 434 g/mol. The number of nitrogens with one attached hydrogen (secondary N) is 1. The first-order chi connectivity index (χ1) is 15.1. The fourth-order valence-corrected chi connectivity index (χ4v) is 4.29. The highest BCUT2D eigenvalue weighted by Gasteiger charge is 2.30. The Morgan fingerprint density at radius 3 is 2.50 bits per heavy atom. The van der Waals surface area contributed by atoms with Crippen LogP contribution in [-0.2, 0) is 26.2 Å². The van der Waals surface area contributed by atoms with E-state index < -0.39 is 28.5 Å². The Hall–Kier alpha value is -3.27. The minimum atomic E-state index is -3.81. The molecule has 1 unspecified atom stereocenters. The molecule has 0 aliphatic carbocycles. The average Bonchev–Trinajstić information content (AvgIpc) is 3.21. The second-order valence-corrected chi connectivity index (χ2v) is 9.51. The molecule has 1 heterocycles. The molecule has 2 aromatic rings. The molecule has 0 aromatic heterocycles. The van der Waals surface area contributed by atoms with Crippen LogP contribution >= 0.6 is 0 Å². The van der Waals surface area contributed by atoms with E-state index in [0.29, 0.717) is 11.5 Å². The lowest BCUT2D eigenvalue weighted by Gasteiger charge is -2.31. The Morgan fingerprint density at radius 2 is 1.84 bits per heavy atom. The summed E-state index contributed by atoms with van der Waals surface area (Å²) in [4.78, 5) is 27.0. The lowest BCUT2D eigenvalue weighted by atomic mass is 10.1. The summed E-state index contributed by atoms with van der Waals surface area (Å²) >= 11 is 0. The molecule has 1 aliphatic rings. The molecule has 0 saturated heterocycles. The highest BCUT2D eigenvalue weighted by atomic mass is 32.2. The third-order valence-corrected chi connectivity index (χ3v) is 6.31. The van der Waals surface area contributed by atoms with Crippen LogP contribution in [-0.4, -0.2) is 57.8 Å².